The largest absolute Gasteiger partial charge is 0.465 e. The van der Waals surface area contributed by atoms with Crippen LogP contribution < -0.4 is 0 Å². The van der Waals surface area contributed by atoms with Gasteiger partial charge in [0.15, 0.2) is 12.3 Å². The first kappa shape index (κ1) is 18.4. The monoisotopic (exact) mass is 373 g/mol. The van der Waals surface area contributed by atoms with E-state index in [1.165, 1.54) is 6.92 Å². The minimum Gasteiger partial charge on any atom is -0.465 e. The van der Waals surface area contributed by atoms with Crippen molar-refractivity contribution in [1.82, 2.24) is 4.90 Å². The van der Waals surface area contributed by atoms with Crippen LogP contribution >= 0.6 is 0 Å². The number of halogens is 1. The molecule has 6 atom stereocenters. The number of rotatable bonds is 4. The van der Waals surface area contributed by atoms with Crippen molar-refractivity contribution < 1.29 is 42.9 Å². The molecule has 10 heteroatoms. The number of amides is 1. The SMILES string of the molecule is CC(OC(=O)C(C)C)OC(=O)C1C2CC(F)C3(C(=O)OCN3C(=O)O)C21. The van der Waals surface area contributed by atoms with E-state index in [4.69, 9.17) is 14.2 Å². The fourth-order valence-electron chi connectivity index (χ4n) is 4.06. The highest BCUT2D eigenvalue weighted by molar-refractivity contribution is 5.92. The summed E-state index contributed by atoms with van der Waals surface area (Å²) in [5, 5.41) is 9.29. The molecule has 9 nitrogen and oxygen atoms in total. The average Bonchev–Trinajstić information content (AvgIpc) is 3.01. The van der Waals surface area contributed by atoms with Crippen molar-refractivity contribution in [3.63, 3.8) is 0 Å². The van der Waals surface area contributed by atoms with Gasteiger partial charge in [-0.3, -0.25) is 14.5 Å². The van der Waals surface area contributed by atoms with Crippen molar-refractivity contribution in [3.05, 3.63) is 0 Å². The zero-order valence-corrected chi connectivity index (χ0v) is 14.5. The number of cyclic esters (lactones) is 1. The number of carboxylic acid groups (broad SMARTS) is 1. The Bertz CT molecular complexity index is 667. The predicted molar refractivity (Wildman–Crippen MR) is 80.0 cm³/mol. The van der Waals surface area contributed by atoms with Gasteiger partial charge in [-0.1, -0.05) is 13.8 Å². The molecular formula is C16H20FNO8. The van der Waals surface area contributed by atoms with Gasteiger partial charge in [-0.2, -0.15) is 0 Å². The van der Waals surface area contributed by atoms with E-state index < -0.39 is 72.4 Å². The molecule has 1 N–H and O–H groups in total. The molecule has 1 heterocycles. The van der Waals surface area contributed by atoms with Gasteiger partial charge < -0.3 is 19.3 Å². The Morgan fingerprint density at radius 3 is 2.54 bits per heavy atom. The summed E-state index contributed by atoms with van der Waals surface area (Å²) in [7, 11) is 0. The molecule has 2 aliphatic carbocycles. The molecular weight excluding hydrogens is 353 g/mol. The van der Waals surface area contributed by atoms with Gasteiger partial charge in [0.25, 0.3) is 0 Å². The van der Waals surface area contributed by atoms with Crippen LogP contribution in [0.5, 0.6) is 0 Å². The normalized spacial score (nSPS) is 35.9. The van der Waals surface area contributed by atoms with Crippen molar-refractivity contribution >= 4 is 24.0 Å². The van der Waals surface area contributed by atoms with Crippen LogP contribution in [0.15, 0.2) is 0 Å². The highest BCUT2D eigenvalue weighted by atomic mass is 19.1. The molecule has 1 spiro atoms. The molecule has 26 heavy (non-hydrogen) atoms. The Kier molecular flexibility index (Phi) is 4.32. The van der Waals surface area contributed by atoms with Crippen molar-refractivity contribution in [3.8, 4) is 0 Å². The van der Waals surface area contributed by atoms with E-state index >= 15 is 0 Å². The second kappa shape index (κ2) is 6.10. The summed E-state index contributed by atoms with van der Waals surface area (Å²) < 4.78 is 29.4. The molecule has 1 amide bonds. The molecule has 2 saturated carbocycles. The Morgan fingerprint density at radius 2 is 1.96 bits per heavy atom. The van der Waals surface area contributed by atoms with Crippen LogP contribution in [-0.2, 0) is 28.6 Å². The van der Waals surface area contributed by atoms with Crippen LogP contribution in [-0.4, -0.2) is 58.7 Å². The molecule has 1 saturated heterocycles. The fourth-order valence-corrected chi connectivity index (χ4v) is 4.06. The van der Waals surface area contributed by atoms with Gasteiger partial charge in [0.05, 0.1) is 11.8 Å². The quantitative estimate of drug-likeness (QED) is 0.570. The van der Waals surface area contributed by atoms with Gasteiger partial charge in [-0.05, 0) is 12.3 Å². The molecule has 0 bridgehead atoms. The van der Waals surface area contributed by atoms with Crippen LogP contribution in [0.1, 0.15) is 27.2 Å². The third-order valence-electron chi connectivity index (χ3n) is 5.27. The second-order valence-corrected chi connectivity index (χ2v) is 7.11. The molecule has 3 rings (SSSR count). The standard InChI is InChI=1S/C16H20FNO8/c1-6(2)12(19)25-7(3)26-13(20)10-8-4-9(17)16(11(8)10)14(21)24-5-18(16)15(22)23/h6-11H,4-5H2,1-3H3,(H,22,23). The number of hydrogen-bond donors (Lipinski definition) is 1. The highest BCUT2D eigenvalue weighted by Crippen LogP contribution is 2.66. The molecule has 0 aromatic heterocycles. The maximum absolute atomic E-state index is 14.6. The first-order chi connectivity index (χ1) is 12.1. The third kappa shape index (κ3) is 2.50. The lowest BCUT2D eigenvalue weighted by Crippen LogP contribution is -2.58. The van der Waals surface area contributed by atoms with Gasteiger partial charge in [0.1, 0.15) is 6.17 Å². The van der Waals surface area contributed by atoms with Crippen LogP contribution in [0.3, 0.4) is 0 Å². The Balaban J connectivity index is 1.72. The zero-order valence-electron chi connectivity index (χ0n) is 14.5. The first-order valence-electron chi connectivity index (χ1n) is 8.35. The van der Waals surface area contributed by atoms with E-state index in [-0.39, 0.29) is 6.42 Å². The van der Waals surface area contributed by atoms with Gasteiger partial charge in [0, 0.05) is 12.8 Å². The Hall–Kier alpha value is -2.39. The first-order valence-corrected chi connectivity index (χ1v) is 8.35. The molecule has 3 aliphatic rings. The molecule has 6 unspecified atom stereocenters. The topological polar surface area (TPSA) is 119 Å². The summed E-state index contributed by atoms with van der Waals surface area (Å²) in [6.45, 7) is 4.05. The molecule has 1 aliphatic heterocycles. The lowest BCUT2D eigenvalue weighted by Gasteiger charge is -2.32. The number of carbonyl (C=O) groups excluding carboxylic acids is 3. The lowest BCUT2D eigenvalue weighted by molar-refractivity contribution is -0.188. The van der Waals surface area contributed by atoms with Crippen LogP contribution in [0.4, 0.5) is 9.18 Å². The van der Waals surface area contributed by atoms with Crippen molar-refractivity contribution in [1.29, 1.82) is 0 Å². The summed E-state index contributed by atoms with van der Waals surface area (Å²) in [6.07, 6.45) is -4.51. The molecule has 0 aromatic carbocycles. The molecule has 0 radical (unpaired) electrons. The van der Waals surface area contributed by atoms with E-state index in [0.717, 1.165) is 0 Å². The van der Waals surface area contributed by atoms with Gasteiger partial charge >= 0.3 is 24.0 Å². The summed E-state index contributed by atoms with van der Waals surface area (Å²) in [5.41, 5.74) is -2.00. The van der Waals surface area contributed by atoms with Crippen LogP contribution in [0, 0.1) is 23.7 Å². The van der Waals surface area contributed by atoms with Crippen LogP contribution in [0.25, 0.3) is 0 Å². The van der Waals surface area contributed by atoms with E-state index in [1.54, 1.807) is 13.8 Å². The number of esters is 3. The Morgan fingerprint density at radius 1 is 1.31 bits per heavy atom. The number of carbonyl (C=O) groups is 4. The molecule has 0 aromatic rings. The summed E-state index contributed by atoms with van der Waals surface area (Å²) in [4.78, 5) is 48.1. The van der Waals surface area contributed by atoms with E-state index in [1.807, 2.05) is 0 Å². The van der Waals surface area contributed by atoms with E-state index in [2.05, 4.69) is 0 Å². The fraction of sp³-hybridized carbons (Fsp3) is 0.750. The minimum absolute atomic E-state index is 0.135. The van der Waals surface area contributed by atoms with Gasteiger partial charge in [-0.25, -0.2) is 14.0 Å². The van der Waals surface area contributed by atoms with Crippen molar-refractivity contribution in [2.24, 2.45) is 23.7 Å². The number of alkyl halides is 1. The zero-order chi connectivity index (χ0) is 19.4. The van der Waals surface area contributed by atoms with Crippen LogP contribution in [0.2, 0.25) is 0 Å². The highest BCUT2D eigenvalue weighted by Gasteiger charge is 2.81. The smallest absolute Gasteiger partial charge is 0.411 e. The van der Waals surface area contributed by atoms with Gasteiger partial charge in [-0.15, -0.1) is 0 Å². The molecule has 3 fully saturated rings. The number of hydrogen-bond acceptors (Lipinski definition) is 7. The predicted octanol–water partition coefficient (Wildman–Crippen LogP) is 0.912. The summed E-state index contributed by atoms with van der Waals surface area (Å²) >= 11 is 0. The maximum atomic E-state index is 14.6. The second-order valence-electron chi connectivity index (χ2n) is 7.11. The summed E-state index contributed by atoms with van der Waals surface area (Å²) in [6, 6.07) is 0. The van der Waals surface area contributed by atoms with Crippen molar-refractivity contribution in [2.75, 3.05) is 6.73 Å². The average molecular weight is 373 g/mol. The summed E-state index contributed by atoms with van der Waals surface area (Å²) in [5.74, 6) is -4.87. The number of nitrogens with zero attached hydrogens (tertiary/aromatic N) is 1. The van der Waals surface area contributed by atoms with E-state index in [9.17, 15) is 28.7 Å². The third-order valence-corrected chi connectivity index (χ3v) is 5.27. The maximum Gasteiger partial charge on any atom is 0.411 e. The number of ether oxygens (including phenoxy) is 3. The van der Waals surface area contributed by atoms with Crippen molar-refractivity contribution in [2.45, 2.75) is 45.2 Å². The minimum atomic E-state index is -2.00. The number of fused-ring (bicyclic) bond motifs is 2. The van der Waals surface area contributed by atoms with Gasteiger partial charge in [0.2, 0.25) is 6.29 Å². The van der Waals surface area contributed by atoms with E-state index in [0.29, 0.717) is 4.90 Å². The molecule has 144 valence electrons. The Labute approximate surface area is 148 Å². The lowest BCUT2D eigenvalue weighted by atomic mass is 9.88.